The van der Waals surface area contributed by atoms with Gasteiger partial charge in [0, 0.05) is 48.2 Å². The lowest BCUT2D eigenvalue weighted by molar-refractivity contribution is -0.0559. The molecule has 0 saturated carbocycles. The zero-order chi connectivity index (χ0) is 23.2. The van der Waals surface area contributed by atoms with E-state index in [4.69, 9.17) is 10.5 Å². The van der Waals surface area contributed by atoms with E-state index in [0.717, 1.165) is 54.7 Å². The number of hydrogen-bond acceptors (Lipinski definition) is 5. The number of hydrogen-bond donors (Lipinski definition) is 1. The van der Waals surface area contributed by atoms with Crippen molar-refractivity contribution in [2.75, 3.05) is 37.7 Å². The summed E-state index contributed by atoms with van der Waals surface area (Å²) in [4.78, 5) is 18.4. The number of nitrogens with two attached hydrogens (primary N) is 1. The SMILES string of the molecule is CC1CN(c2cccc3cc(F)ccc23)CCN1CCC1(C)OCCc2cc(C(N)=O)sc21. The molecule has 2 atom stereocenters. The van der Waals surface area contributed by atoms with Crippen molar-refractivity contribution in [3.63, 3.8) is 0 Å². The molecule has 0 aliphatic carbocycles. The fourth-order valence-corrected chi connectivity index (χ4v) is 6.43. The number of anilines is 1. The molecule has 2 aliphatic rings. The van der Waals surface area contributed by atoms with Crippen LogP contribution in [0.25, 0.3) is 10.8 Å². The fourth-order valence-electron chi connectivity index (χ4n) is 5.24. The molecule has 2 aromatic carbocycles. The van der Waals surface area contributed by atoms with Crippen LogP contribution in [0.5, 0.6) is 0 Å². The predicted molar refractivity (Wildman–Crippen MR) is 132 cm³/mol. The average Bonchev–Trinajstić information content (AvgIpc) is 3.24. The molecule has 2 unspecified atom stereocenters. The van der Waals surface area contributed by atoms with Crippen LogP contribution in [0.2, 0.25) is 0 Å². The number of thiophene rings is 1. The minimum atomic E-state index is -0.386. The van der Waals surface area contributed by atoms with E-state index in [1.54, 1.807) is 12.1 Å². The van der Waals surface area contributed by atoms with Crippen LogP contribution in [0.1, 0.15) is 40.4 Å². The molecule has 2 N–H and O–H groups in total. The van der Waals surface area contributed by atoms with Gasteiger partial charge in [-0.1, -0.05) is 12.1 Å². The smallest absolute Gasteiger partial charge is 0.258 e. The van der Waals surface area contributed by atoms with Gasteiger partial charge < -0.3 is 15.4 Å². The maximum Gasteiger partial charge on any atom is 0.258 e. The summed E-state index contributed by atoms with van der Waals surface area (Å²) in [6.07, 6.45) is 1.70. The van der Waals surface area contributed by atoms with Crippen molar-refractivity contribution in [2.24, 2.45) is 5.73 Å². The van der Waals surface area contributed by atoms with E-state index in [2.05, 4.69) is 29.7 Å². The molecule has 0 spiro atoms. The van der Waals surface area contributed by atoms with Crippen LogP contribution in [-0.2, 0) is 16.8 Å². The Balaban J connectivity index is 1.27. The Hall–Kier alpha value is -2.48. The van der Waals surface area contributed by atoms with E-state index in [9.17, 15) is 9.18 Å². The Kier molecular flexibility index (Phi) is 5.89. The highest BCUT2D eigenvalue weighted by Crippen LogP contribution is 2.41. The monoisotopic (exact) mass is 467 g/mol. The Morgan fingerprint density at radius 1 is 1.27 bits per heavy atom. The minimum absolute atomic E-state index is 0.201. The maximum absolute atomic E-state index is 13.7. The lowest BCUT2D eigenvalue weighted by atomic mass is 9.92. The topological polar surface area (TPSA) is 58.8 Å². The third-order valence-electron chi connectivity index (χ3n) is 7.13. The Bertz CT molecular complexity index is 1200. The third-order valence-corrected chi connectivity index (χ3v) is 8.56. The largest absolute Gasteiger partial charge is 0.369 e. The summed E-state index contributed by atoms with van der Waals surface area (Å²) in [5.41, 5.74) is 7.51. The zero-order valence-electron chi connectivity index (χ0n) is 19.1. The summed E-state index contributed by atoms with van der Waals surface area (Å²) >= 11 is 1.48. The molecule has 1 aromatic heterocycles. The molecule has 3 aromatic rings. The van der Waals surface area contributed by atoms with Gasteiger partial charge in [-0.05, 0) is 68.0 Å². The second-order valence-corrected chi connectivity index (χ2v) is 10.4. The molecular weight excluding hydrogens is 437 g/mol. The molecule has 0 radical (unpaired) electrons. The molecule has 0 bridgehead atoms. The van der Waals surface area contributed by atoms with Crippen molar-refractivity contribution in [3.8, 4) is 0 Å². The molecule has 174 valence electrons. The highest BCUT2D eigenvalue weighted by Gasteiger charge is 2.37. The number of fused-ring (bicyclic) bond motifs is 2. The predicted octanol–water partition coefficient (Wildman–Crippen LogP) is 4.53. The molecule has 1 amide bonds. The number of nitrogens with zero attached hydrogens (tertiary/aromatic N) is 2. The molecule has 3 heterocycles. The van der Waals surface area contributed by atoms with E-state index in [-0.39, 0.29) is 17.3 Å². The van der Waals surface area contributed by atoms with Crippen LogP contribution in [0, 0.1) is 5.82 Å². The summed E-state index contributed by atoms with van der Waals surface area (Å²) in [7, 11) is 0. The van der Waals surface area contributed by atoms with Crippen molar-refractivity contribution >= 4 is 33.7 Å². The first-order chi connectivity index (χ1) is 15.8. The van der Waals surface area contributed by atoms with Crippen LogP contribution in [0.15, 0.2) is 42.5 Å². The van der Waals surface area contributed by atoms with Gasteiger partial charge in [0.2, 0.25) is 0 Å². The van der Waals surface area contributed by atoms with Gasteiger partial charge in [0.1, 0.15) is 11.4 Å². The van der Waals surface area contributed by atoms with Crippen LogP contribution in [0.3, 0.4) is 0 Å². The van der Waals surface area contributed by atoms with E-state index in [0.29, 0.717) is 17.5 Å². The number of benzene rings is 2. The van der Waals surface area contributed by atoms with Gasteiger partial charge >= 0.3 is 0 Å². The first-order valence-electron chi connectivity index (χ1n) is 11.6. The van der Waals surface area contributed by atoms with Gasteiger partial charge in [-0.3, -0.25) is 9.69 Å². The standard InChI is InChI=1S/C26H30FN3O2S/c1-17-16-30(22-5-3-4-18-14-20(27)6-7-21(18)22)12-11-29(17)10-9-26(2)24-19(8-13-32-26)15-23(33-24)25(28)31/h3-7,14-15,17H,8-13,16H2,1-2H3,(H2,28,31). The third kappa shape index (κ3) is 4.25. The molecular formula is C26H30FN3O2S. The lowest BCUT2D eigenvalue weighted by Crippen LogP contribution is -2.53. The number of ether oxygens (including phenoxy) is 1. The quantitative estimate of drug-likeness (QED) is 0.599. The summed E-state index contributed by atoms with van der Waals surface area (Å²) in [6.45, 7) is 8.81. The molecule has 5 nitrogen and oxygen atoms in total. The second kappa shape index (κ2) is 8.70. The van der Waals surface area contributed by atoms with Crippen LogP contribution in [0.4, 0.5) is 10.1 Å². The number of piperazine rings is 1. The number of halogens is 1. The number of amides is 1. The summed E-state index contributed by atoms with van der Waals surface area (Å²) in [5.74, 6) is -0.564. The molecule has 33 heavy (non-hydrogen) atoms. The molecule has 1 saturated heterocycles. The first kappa shape index (κ1) is 22.3. The Morgan fingerprint density at radius 3 is 2.91 bits per heavy atom. The minimum Gasteiger partial charge on any atom is -0.369 e. The number of carbonyl (C=O) groups excluding carboxylic acids is 1. The van der Waals surface area contributed by atoms with Crippen LogP contribution < -0.4 is 10.6 Å². The highest BCUT2D eigenvalue weighted by atomic mass is 32.1. The highest BCUT2D eigenvalue weighted by molar-refractivity contribution is 7.14. The molecule has 5 rings (SSSR count). The van der Waals surface area contributed by atoms with Gasteiger partial charge in [0.05, 0.1) is 11.5 Å². The van der Waals surface area contributed by atoms with E-state index >= 15 is 0 Å². The normalized spacial score (nSPS) is 23.6. The summed E-state index contributed by atoms with van der Waals surface area (Å²) < 4.78 is 19.9. The first-order valence-corrected chi connectivity index (χ1v) is 12.4. The fraction of sp³-hybridized carbons (Fsp3) is 0.423. The molecule has 7 heteroatoms. The van der Waals surface area contributed by atoms with Crippen LogP contribution in [-0.4, -0.2) is 49.6 Å². The van der Waals surface area contributed by atoms with Crippen molar-refractivity contribution in [1.82, 2.24) is 4.90 Å². The lowest BCUT2D eigenvalue weighted by Gasteiger charge is -2.43. The maximum atomic E-state index is 13.7. The average molecular weight is 468 g/mol. The summed E-state index contributed by atoms with van der Waals surface area (Å²) in [6, 6.07) is 13.5. The van der Waals surface area contributed by atoms with Gasteiger partial charge in [-0.25, -0.2) is 4.39 Å². The van der Waals surface area contributed by atoms with Gasteiger partial charge in [-0.2, -0.15) is 0 Å². The number of primary amides is 1. The number of carbonyl (C=O) groups is 1. The van der Waals surface area contributed by atoms with Gasteiger partial charge in [0.25, 0.3) is 5.91 Å². The van der Waals surface area contributed by atoms with Crippen LogP contribution >= 0.6 is 11.3 Å². The number of rotatable bonds is 5. The Morgan fingerprint density at radius 2 is 2.12 bits per heavy atom. The zero-order valence-corrected chi connectivity index (χ0v) is 20.0. The van der Waals surface area contributed by atoms with Gasteiger partial charge in [0.15, 0.2) is 0 Å². The summed E-state index contributed by atoms with van der Waals surface area (Å²) in [5, 5.41) is 2.03. The van der Waals surface area contributed by atoms with Crippen molar-refractivity contribution < 1.29 is 13.9 Å². The van der Waals surface area contributed by atoms with Crippen molar-refractivity contribution in [3.05, 3.63) is 63.6 Å². The Labute approximate surface area is 197 Å². The van der Waals surface area contributed by atoms with Crippen molar-refractivity contribution in [2.45, 2.75) is 38.3 Å². The van der Waals surface area contributed by atoms with E-state index in [1.165, 1.54) is 22.6 Å². The van der Waals surface area contributed by atoms with E-state index < -0.39 is 0 Å². The van der Waals surface area contributed by atoms with E-state index in [1.807, 2.05) is 24.3 Å². The second-order valence-electron chi connectivity index (χ2n) is 9.38. The van der Waals surface area contributed by atoms with Gasteiger partial charge in [-0.15, -0.1) is 11.3 Å². The van der Waals surface area contributed by atoms with Crippen molar-refractivity contribution in [1.29, 1.82) is 0 Å². The molecule has 1 fully saturated rings. The molecule has 2 aliphatic heterocycles.